The van der Waals surface area contributed by atoms with Crippen molar-refractivity contribution in [3.05, 3.63) is 29.8 Å². The Hall–Kier alpha value is -1.10. The van der Waals surface area contributed by atoms with Crippen molar-refractivity contribution in [3.63, 3.8) is 0 Å². The van der Waals surface area contributed by atoms with E-state index in [1.54, 1.807) is 0 Å². The summed E-state index contributed by atoms with van der Waals surface area (Å²) in [6.45, 7) is 3.30. The molecule has 0 unspecified atom stereocenters. The highest BCUT2D eigenvalue weighted by Gasteiger charge is 2.04. The van der Waals surface area contributed by atoms with Crippen LogP contribution in [0.25, 0.3) is 0 Å². The van der Waals surface area contributed by atoms with Gasteiger partial charge in [0.2, 0.25) is 0 Å². The Morgan fingerprint density at radius 2 is 1.82 bits per heavy atom. The monoisotopic (exact) mass is 239 g/mol. The SMILES string of the molecule is CCCOc1ccc(CNC(CO)CO)cc1. The smallest absolute Gasteiger partial charge is 0.119 e. The standard InChI is InChI=1S/C13H21NO3/c1-2-7-17-13-5-3-11(4-6-13)8-14-12(9-15)10-16/h3-6,12,14-16H,2,7-10H2,1H3. The third-order valence-electron chi connectivity index (χ3n) is 2.43. The van der Waals surface area contributed by atoms with E-state index in [4.69, 9.17) is 14.9 Å². The minimum Gasteiger partial charge on any atom is -0.494 e. The highest BCUT2D eigenvalue weighted by molar-refractivity contribution is 5.27. The molecule has 4 nitrogen and oxygen atoms in total. The van der Waals surface area contributed by atoms with Gasteiger partial charge in [-0.1, -0.05) is 19.1 Å². The highest BCUT2D eigenvalue weighted by atomic mass is 16.5. The van der Waals surface area contributed by atoms with Crippen molar-refractivity contribution >= 4 is 0 Å². The summed E-state index contributed by atoms with van der Waals surface area (Å²) in [6.07, 6.45) is 0.998. The van der Waals surface area contributed by atoms with Crippen LogP contribution in [0.2, 0.25) is 0 Å². The Morgan fingerprint density at radius 3 is 2.35 bits per heavy atom. The van der Waals surface area contributed by atoms with Gasteiger partial charge in [0, 0.05) is 6.54 Å². The molecule has 0 aromatic heterocycles. The van der Waals surface area contributed by atoms with E-state index in [2.05, 4.69) is 12.2 Å². The Labute approximate surface area is 102 Å². The Morgan fingerprint density at radius 1 is 1.18 bits per heavy atom. The second-order valence-corrected chi connectivity index (χ2v) is 3.94. The lowest BCUT2D eigenvalue weighted by atomic mass is 10.2. The summed E-state index contributed by atoms with van der Waals surface area (Å²) in [6, 6.07) is 7.55. The van der Waals surface area contributed by atoms with Gasteiger partial charge in [0.15, 0.2) is 0 Å². The number of ether oxygens (including phenoxy) is 1. The molecule has 0 fully saturated rings. The van der Waals surface area contributed by atoms with Gasteiger partial charge in [-0.05, 0) is 24.1 Å². The fraction of sp³-hybridized carbons (Fsp3) is 0.538. The number of aliphatic hydroxyl groups is 2. The van der Waals surface area contributed by atoms with Gasteiger partial charge in [-0.15, -0.1) is 0 Å². The van der Waals surface area contributed by atoms with Gasteiger partial charge in [-0.3, -0.25) is 0 Å². The molecule has 3 N–H and O–H groups in total. The summed E-state index contributed by atoms with van der Waals surface area (Å²) in [5.74, 6) is 0.872. The first-order chi connectivity index (χ1) is 8.30. The summed E-state index contributed by atoms with van der Waals surface area (Å²) in [5, 5.41) is 20.9. The molecule has 96 valence electrons. The van der Waals surface area contributed by atoms with Gasteiger partial charge >= 0.3 is 0 Å². The maximum absolute atomic E-state index is 8.90. The number of hydrogen-bond acceptors (Lipinski definition) is 4. The summed E-state index contributed by atoms with van der Waals surface area (Å²) in [5.41, 5.74) is 1.10. The summed E-state index contributed by atoms with van der Waals surface area (Å²) >= 11 is 0. The fourth-order valence-electron chi connectivity index (χ4n) is 1.37. The van der Waals surface area contributed by atoms with Crippen molar-refractivity contribution in [3.8, 4) is 5.75 Å². The minimum atomic E-state index is -0.258. The largest absolute Gasteiger partial charge is 0.494 e. The van der Waals surface area contributed by atoms with Crippen LogP contribution in [-0.2, 0) is 6.54 Å². The average molecular weight is 239 g/mol. The molecule has 0 aliphatic rings. The van der Waals surface area contributed by atoms with Crippen LogP contribution in [0.15, 0.2) is 24.3 Å². The third-order valence-corrected chi connectivity index (χ3v) is 2.43. The van der Waals surface area contributed by atoms with Gasteiger partial charge in [-0.2, -0.15) is 0 Å². The number of nitrogens with one attached hydrogen (secondary N) is 1. The van der Waals surface area contributed by atoms with Gasteiger partial charge < -0.3 is 20.3 Å². The summed E-state index contributed by atoms with van der Waals surface area (Å²) in [4.78, 5) is 0. The van der Waals surface area contributed by atoms with E-state index in [1.165, 1.54) is 0 Å². The zero-order chi connectivity index (χ0) is 12.5. The van der Waals surface area contributed by atoms with E-state index in [0.29, 0.717) is 6.54 Å². The number of hydrogen-bond donors (Lipinski definition) is 3. The maximum atomic E-state index is 8.90. The third kappa shape index (κ3) is 5.17. The molecule has 0 aliphatic carbocycles. The quantitative estimate of drug-likeness (QED) is 0.631. The predicted molar refractivity (Wildman–Crippen MR) is 67.0 cm³/mol. The van der Waals surface area contributed by atoms with Crippen molar-refractivity contribution in [1.82, 2.24) is 5.32 Å². The highest BCUT2D eigenvalue weighted by Crippen LogP contribution is 2.12. The van der Waals surface area contributed by atoms with E-state index in [0.717, 1.165) is 24.3 Å². The van der Waals surface area contributed by atoms with E-state index in [9.17, 15) is 0 Å². The molecule has 1 aromatic rings. The van der Waals surface area contributed by atoms with Crippen LogP contribution in [0.3, 0.4) is 0 Å². The lowest BCUT2D eigenvalue weighted by Gasteiger charge is -2.13. The predicted octanol–water partition coefficient (Wildman–Crippen LogP) is 0.918. The Bertz CT molecular complexity index is 296. The Kier molecular flexibility index (Phi) is 6.62. The molecular weight excluding hydrogens is 218 g/mol. The van der Waals surface area contributed by atoms with Crippen LogP contribution in [-0.4, -0.2) is 36.1 Å². The molecule has 0 amide bonds. The molecule has 0 spiro atoms. The van der Waals surface area contributed by atoms with Crippen LogP contribution in [0.5, 0.6) is 5.75 Å². The van der Waals surface area contributed by atoms with Gasteiger partial charge in [0.05, 0.1) is 25.9 Å². The molecule has 17 heavy (non-hydrogen) atoms. The summed E-state index contributed by atoms with van der Waals surface area (Å²) in [7, 11) is 0. The lowest BCUT2D eigenvalue weighted by Crippen LogP contribution is -2.35. The van der Waals surface area contributed by atoms with Crippen LogP contribution >= 0.6 is 0 Å². The van der Waals surface area contributed by atoms with Gasteiger partial charge in [0.25, 0.3) is 0 Å². The van der Waals surface area contributed by atoms with Crippen molar-refractivity contribution in [2.24, 2.45) is 0 Å². The normalized spacial score (nSPS) is 10.8. The number of aliphatic hydroxyl groups excluding tert-OH is 2. The zero-order valence-electron chi connectivity index (χ0n) is 10.2. The lowest BCUT2D eigenvalue weighted by molar-refractivity contribution is 0.170. The van der Waals surface area contributed by atoms with Crippen molar-refractivity contribution < 1.29 is 14.9 Å². The molecule has 0 saturated carbocycles. The van der Waals surface area contributed by atoms with Gasteiger partial charge in [0.1, 0.15) is 5.75 Å². The second-order valence-electron chi connectivity index (χ2n) is 3.94. The molecule has 1 aromatic carbocycles. The van der Waals surface area contributed by atoms with Crippen LogP contribution in [0, 0.1) is 0 Å². The van der Waals surface area contributed by atoms with E-state index in [1.807, 2.05) is 24.3 Å². The molecule has 0 atom stereocenters. The molecule has 1 rings (SSSR count). The topological polar surface area (TPSA) is 61.7 Å². The second kappa shape index (κ2) is 8.06. The van der Waals surface area contributed by atoms with E-state index >= 15 is 0 Å². The Balaban J connectivity index is 2.39. The molecule has 0 saturated heterocycles. The molecular formula is C13H21NO3. The zero-order valence-corrected chi connectivity index (χ0v) is 10.2. The van der Waals surface area contributed by atoms with Crippen molar-refractivity contribution in [2.75, 3.05) is 19.8 Å². The van der Waals surface area contributed by atoms with Crippen molar-refractivity contribution in [2.45, 2.75) is 25.9 Å². The number of benzene rings is 1. The first-order valence-electron chi connectivity index (χ1n) is 5.97. The minimum absolute atomic E-state index is 0.0613. The molecule has 0 aliphatic heterocycles. The first-order valence-corrected chi connectivity index (χ1v) is 5.97. The van der Waals surface area contributed by atoms with Crippen LogP contribution in [0.4, 0.5) is 0 Å². The van der Waals surface area contributed by atoms with Crippen LogP contribution in [0.1, 0.15) is 18.9 Å². The average Bonchev–Trinajstić information content (AvgIpc) is 2.39. The molecule has 0 radical (unpaired) electrons. The molecule has 4 heteroatoms. The fourth-order valence-corrected chi connectivity index (χ4v) is 1.37. The van der Waals surface area contributed by atoms with Gasteiger partial charge in [-0.25, -0.2) is 0 Å². The molecule has 0 heterocycles. The van der Waals surface area contributed by atoms with Crippen molar-refractivity contribution in [1.29, 1.82) is 0 Å². The maximum Gasteiger partial charge on any atom is 0.119 e. The first kappa shape index (κ1) is 14.0. The molecule has 0 bridgehead atoms. The van der Waals surface area contributed by atoms with Crippen LogP contribution < -0.4 is 10.1 Å². The van der Waals surface area contributed by atoms with E-state index in [-0.39, 0.29) is 19.3 Å². The summed E-state index contributed by atoms with van der Waals surface area (Å²) < 4.78 is 5.48. The number of rotatable bonds is 8. The van der Waals surface area contributed by atoms with E-state index < -0.39 is 0 Å².